The molecule has 0 fully saturated rings. The highest BCUT2D eigenvalue weighted by Crippen LogP contribution is 2.35. The van der Waals surface area contributed by atoms with Gasteiger partial charge in [-0.05, 0) is 49.9 Å². The summed E-state index contributed by atoms with van der Waals surface area (Å²) in [6, 6.07) is 10.5. The van der Waals surface area contributed by atoms with Gasteiger partial charge in [0.25, 0.3) is 0 Å². The SMILES string of the molecule is Cc1cc(C)c(CO)c(N2CCCc3ccccc32)n1. The van der Waals surface area contributed by atoms with E-state index in [1.165, 1.54) is 11.3 Å². The van der Waals surface area contributed by atoms with Crippen LogP contribution >= 0.6 is 0 Å². The number of nitrogens with zero attached hydrogens (tertiary/aromatic N) is 2. The molecule has 0 spiro atoms. The highest BCUT2D eigenvalue weighted by Gasteiger charge is 2.22. The van der Waals surface area contributed by atoms with E-state index in [9.17, 15) is 5.11 Å². The first-order valence-corrected chi connectivity index (χ1v) is 7.14. The third kappa shape index (κ3) is 2.18. The molecule has 0 aliphatic carbocycles. The zero-order chi connectivity index (χ0) is 14.1. The van der Waals surface area contributed by atoms with Crippen LogP contribution in [0.15, 0.2) is 30.3 Å². The maximum absolute atomic E-state index is 9.70. The van der Waals surface area contributed by atoms with Crippen LogP contribution in [0.4, 0.5) is 11.5 Å². The molecule has 3 nitrogen and oxygen atoms in total. The fourth-order valence-corrected chi connectivity index (χ4v) is 3.02. The number of aromatic nitrogens is 1. The Morgan fingerprint density at radius 1 is 1.25 bits per heavy atom. The average Bonchev–Trinajstić information content (AvgIpc) is 2.46. The van der Waals surface area contributed by atoms with Gasteiger partial charge in [-0.15, -0.1) is 0 Å². The molecule has 0 radical (unpaired) electrons. The Bertz CT molecular complexity index is 637. The standard InChI is InChI=1S/C17H20N2O/c1-12-10-13(2)18-17(15(12)11-20)19-9-5-7-14-6-3-4-8-16(14)19/h3-4,6,8,10,20H,5,7,9,11H2,1-2H3. The first kappa shape index (κ1) is 13.1. The number of anilines is 2. The number of aliphatic hydroxyl groups is 1. The Morgan fingerprint density at radius 3 is 2.85 bits per heavy atom. The number of pyridine rings is 1. The van der Waals surface area contributed by atoms with Crippen molar-refractivity contribution in [3.05, 3.63) is 52.7 Å². The van der Waals surface area contributed by atoms with E-state index in [1.54, 1.807) is 0 Å². The summed E-state index contributed by atoms with van der Waals surface area (Å²) in [5.74, 6) is 0.914. The first-order valence-electron chi connectivity index (χ1n) is 7.14. The first-order chi connectivity index (χ1) is 9.70. The van der Waals surface area contributed by atoms with Crippen molar-refractivity contribution in [3.8, 4) is 0 Å². The fourth-order valence-electron chi connectivity index (χ4n) is 3.02. The molecule has 0 bridgehead atoms. The van der Waals surface area contributed by atoms with Gasteiger partial charge in [0, 0.05) is 23.5 Å². The lowest BCUT2D eigenvalue weighted by Crippen LogP contribution is -2.27. The summed E-state index contributed by atoms with van der Waals surface area (Å²) in [7, 11) is 0. The Labute approximate surface area is 119 Å². The van der Waals surface area contributed by atoms with Crippen LogP contribution in [0.5, 0.6) is 0 Å². The molecule has 1 N–H and O–H groups in total. The number of hydrogen-bond donors (Lipinski definition) is 1. The minimum absolute atomic E-state index is 0.0348. The molecule has 1 aromatic carbocycles. The lowest BCUT2D eigenvalue weighted by Gasteiger charge is -2.32. The lowest BCUT2D eigenvalue weighted by molar-refractivity contribution is 0.281. The number of benzene rings is 1. The third-order valence-corrected chi connectivity index (χ3v) is 3.98. The van der Waals surface area contributed by atoms with E-state index < -0.39 is 0 Å². The van der Waals surface area contributed by atoms with E-state index in [-0.39, 0.29) is 6.61 Å². The van der Waals surface area contributed by atoms with E-state index in [1.807, 2.05) is 19.9 Å². The van der Waals surface area contributed by atoms with Crippen LogP contribution in [0.1, 0.15) is 28.8 Å². The molecule has 20 heavy (non-hydrogen) atoms. The second kappa shape index (κ2) is 5.25. The molecule has 3 rings (SSSR count). The molecule has 104 valence electrons. The van der Waals surface area contributed by atoms with Crippen LogP contribution in [0.2, 0.25) is 0 Å². The van der Waals surface area contributed by atoms with Crippen molar-refractivity contribution in [1.29, 1.82) is 0 Å². The summed E-state index contributed by atoms with van der Waals surface area (Å²) in [5.41, 5.74) is 5.64. The normalized spacial score (nSPS) is 14.2. The van der Waals surface area contributed by atoms with E-state index in [0.717, 1.165) is 42.0 Å². The molecule has 0 atom stereocenters. The lowest BCUT2D eigenvalue weighted by atomic mass is 10.0. The predicted octanol–water partition coefficient (Wildman–Crippen LogP) is 3.28. The Morgan fingerprint density at radius 2 is 2.05 bits per heavy atom. The van der Waals surface area contributed by atoms with Crippen LogP contribution in [0.25, 0.3) is 0 Å². The molecule has 2 aromatic rings. The molecule has 1 aliphatic rings. The maximum atomic E-state index is 9.70. The van der Waals surface area contributed by atoms with Gasteiger partial charge in [-0.2, -0.15) is 0 Å². The van der Waals surface area contributed by atoms with Gasteiger partial charge in [-0.1, -0.05) is 18.2 Å². The van der Waals surface area contributed by atoms with Crippen LogP contribution in [-0.4, -0.2) is 16.6 Å². The van der Waals surface area contributed by atoms with Gasteiger partial charge in [0.15, 0.2) is 0 Å². The second-order valence-corrected chi connectivity index (χ2v) is 5.42. The molecule has 0 amide bonds. The van der Waals surface area contributed by atoms with Gasteiger partial charge in [0.2, 0.25) is 0 Å². The van der Waals surface area contributed by atoms with Crippen molar-refractivity contribution < 1.29 is 5.11 Å². The maximum Gasteiger partial charge on any atom is 0.139 e. The van der Waals surface area contributed by atoms with Crippen molar-refractivity contribution in [2.75, 3.05) is 11.4 Å². The summed E-state index contributed by atoms with van der Waals surface area (Å²) in [6.07, 6.45) is 2.24. The van der Waals surface area contributed by atoms with Crippen molar-refractivity contribution in [2.24, 2.45) is 0 Å². The van der Waals surface area contributed by atoms with Crippen molar-refractivity contribution in [1.82, 2.24) is 4.98 Å². The molecule has 1 aromatic heterocycles. The molecular weight excluding hydrogens is 248 g/mol. The molecule has 0 saturated carbocycles. The van der Waals surface area contributed by atoms with Crippen molar-refractivity contribution >= 4 is 11.5 Å². The summed E-state index contributed by atoms with van der Waals surface area (Å²) >= 11 is 0. The molecule has 2 heterocycles. The van der Waals surface area contributed by atoms with Crippen molar-refractivity contribution in [3.63, 3.8) is 0 Å². The summed E-state index contributed by atoms with van der Waals surface area (Å²) in [5, 5.41) is 9.70. The number of rotatable bonds is 2. The van der Waals surface area contributed by atoms with Gasteiger partial charge >= 0.3 is 0 Å². The monoisotopic (exact) mass is 268 g/mol. The van der Waals surface area contributed by atoms with Crippen LogP contribution in [0, 0.1) is 13.8 Å². The topological polar surface area (TPSA) is 36.4 Å². The number of fused-ring (bicyclic) bond motifs is 1. The second-order valence-electron chi connectivity index (χ2n) is 5.42. The summed E-state index contributed by atoms with van der Waals surface area (Å²) in [6.45, 7) is 5.04. The summed E-state index contributed by atoms with van der Waals surface area (Å²) in [4.78, 5) is 6.95. The van der Waals surface area contributed by atoms with Crippen LogP contribution in [0.3, 0.4) is 0 Å². The summed E-state index contributed by atoms with van der Waals surface area (Å²) < 4.78 is 0. The van der Waals surface area contributed by atoms with Gasteiger partial charge in [-0.3, -0.25) is 0 Å². The largest absolute Gasteiger partial charge is 0.392 e. The number of aryl methyl sites for hydroxylation is 3. The van der Waals surface area contributed by atoms with E-state index in [2.05, 4.69) is 29.2 Å². The predicted molar refractivity (Wildman–Crippen MR) is 81.4 cm³/mol. The number of hydrogen-bond acceptors (Lipinski definition) is 3. The highest BCUT2D eigenvalue weighted by molar-refractivity contribution is 5.68. The zero-order valence-electron chi connectivity index (χ0n) is 12.1. The van der Waals surface area contributed by atoms with E-state index >= 15 is 0 Å². The van der Waals surface area contributed by atoms with Crippen LogP contribution < -0.4 is 4.90 Å². The Balaban J connectivity index is 2.15. The highest BCUT2D eigenvalue weighted by atomic mass is 16.3. The van der Waals surface area contributed by atoms with Gasteiger partial charge < -0.3 is 10.0 Å². The zero-order valence-corrected chi connectivity index (χ0v) is 12.1. The number of para-hydroxylation sites is 1. The van der Waals surface area contributed by atoms with Gasteiger partial charge in [0.1, 0.15) is 5.82 Å². The molecule has 1 aliphatic heterocycles. The Hall–Kier alpha value is -1.87. The van der Waals surface area contributed by atoms with Crippen LogP contribution in [-0.2, 0) is 13.0 Å². The molecule has 0 unspecified atom stereocenters. The minimum Gasteiger partial charge on any atom is -0.392 e. The number of aliphatic hydroxyl groups excluding tert-OH is 1. The fraction of sp³-hybridized carbons (Fsp3) is 0.353. The van der Waals surface area contributed by atoms with E-state index in [0.29, 0.717) is 0 Å². The quantitative estimate of drug-likeness (QED) is 0.908. The Kier molecular flexibility index (Phi) is 3.45. The smallest absolute Gasteiger partial charge is 0.139 e. The third-order valence-electron chi connectivity index (χ3n) is 3.98. The van der Waals surface area contributed by atoms with Crippen molar-refractivity contribution in [2.45, 2.75) is 33.3 Å². The minimum atomic E-state index is 0.0348. The van der Waals surface area contributed by atoms with E-state index in [4.69, 9.17) is 4.98 Å². The molecule has 3 heteroatoms. The van der Waals surface area contributed by atoms with Gasteiger partial charge in [-0.25, -0.2) is 4.98 Å². The average molecular weight is 268 g/mol. The molecule has 0 saturated heterocycles. The molecular formula is C17H20N2O. The van der Waals surface area contributed by atoms with Gasteiger partial charge in [0.05, 0.1) is 6.61 Å².